The molecule has 3 aliphatic heterocycles. The highest BCUT2D eigenvalue weighted by molar-refractivity contribution is 5.97. The van der Waals surface area contributed by atoms with Gasteiger partial charge in [0.15, 0.2) is 0 Å². The Bertz CT molecular complexity index is 980. The number of carbonyl (C=O) groups is 2. The number of hydrogen-bond acceptors (Lipinski definition) is 5. The van der Waals surface area contributed by atoms with Gasteiger partial charge in [0.2, 0.25) is 11.8 Å². The second-order valence-electron chi connectivity index (χ2n) is 11.2. The van der Waals surface area contributed by atoms with Gasteiger partial charge in [-0.05, 0) is 32.3 Å². The summed E-state index contributed by atoms with van der Waals surface area (Å²) in [6.45, 7) is 9.55. The van der Waals surface area contributed by atoms with E-state index in [2.05, 4.69) is 22.1 Å². The zero-order valence-electron chi connectivity index (χ0n) is 20.3. The van der Waals surface area contributed by atoms with E-state index in [1.165, 1.54) is 6.07 Å². The molecule has 2 atom stereocenters. The number of piperazine rings is 1. The van der Waals surface area contributed by atoms with E-state index in [1.54, 1.807) is 11.1 Å². The Morgan fingerprint density at radius 2 is 2.09 bits per heavy atom. The summed E-state index contributed by atoms with van der Waals surface area (Å²) >= 11 is 0. The highest BCUT2D eigenvalue weighted by Crippen LogP contribution is 2.51. The summed E-state index contributed by atoms with van der Waals surface area (Å²) < 4.78 is 29.6. The molecule has 0 unspecified atom stereocenters. The van der Waals surface area contributed by atoms with Gasteiger partial charge in [0.1, 0.15) is 5.69 Å². The van der Waals surface area contributed by atoms with Gasteiger partial charge in [0.25, 0.3) is 5.92 Å². The molecule has 186 valence electrons. The molecule has 1 aromatic rings. The number of fused-ring (bicyclic) bond motifs is 1. The molecule has 0 bridgehead atoms. The normalized spacial score (nSPS) is 27.4. The molecule has 9 heteroatoms. The Hall–Kier alpha value is -2.13. The zero-order valence-corrected chi connectivity index (χ0v) is 20.3. The highest BCUT2D eigenvalue weighted by Gasteiger charge is 2.50. The van der Waals surface area contributed by atoms with Crippen molar-refractivity contribution in [3.05, 3.63) is 23.5 Å². The lowest BCUT2D eigenvalue weighted by atomic mass is 9.88. The quantitative estimate of drug-likeness (QED) is 0.685. The average molecular weight is 476 g/mol. The van der Waals surface area contributed by atoms with Crippen LogP contribution in [0.2, 0.25) is 0 Å². The number of carbonyl (C=O) groups excluding carboxylic acids is 2. The lowest BCUT2D eigenvalue weighted by molar-refractivity contribution is -0.128. The summed E-state index contributed by atoms with van der Waals surface area (Å²) in [6, 6.07) is 1.72. The van der Waals surface area contributed by atoms with Crippen LogP contribution in [0.1, 0.15) is 57.7 Å². The number of nitrogens with zero attached hydrogens (tertiary/aromatic N) is 4. The lowest BCUT2D eigenvalue weighted by Crippen LogP contribution is -2.60. The van der Waals surface area contributed by atoms with Crippen LogP contribution in [0, 0.1) is 5.92 Å². The molecule has 4 heterocycles. The molecular formula is C25H35F2N5O2. The van der Waals surface area contributed by atoms with E-state index >= 15 is 0 Å². The largest absolute Gasteiger partial charge is 0.341 e. The monoisotopic (exact) mass is 475 g/mol. The first kappa shape index (κ1) is 23.6. The van der Waals surface area contributed by atoms with Gasteiger partial charge in [0, 0.05) is 74.3 Å². The van der Waals surface area contributed by atoms with Gasteiger partial charge >= 0.3 is 0 Å². The van der Waals surface area contributed by atoms with Gasteiger partial charge in [-0.15, -0.1) is 0 Å². The minimum absolute atomic E-state index is 0.0458. The molecule has 1 N–H and O–H groups in total. The van der Waals surface area contributed by atoms with Gasteiger partial charge in [0.05, 0.1) is 12.2 Å². The fourth-order valence-electron chi connectivity index (χ4n) is 5.63. The van der Waals surface area contributed by atoms with E-state index in [1.807, 2.05) is 18.7 Å². The molecule has 2 amide bonds. The topological polar surface area (TPSA) is 68.8 Å². The highest BCUT2D eigenvalue weighted by atomic mass is 19.3. The van der Waals surface area contributed by atoms with Gasteiger partial charge in [-0.25, -0.2) is 0 Å². The van der Waals surface area contributed by atoms with Crippen LogP contribution in [0.3, 0.4) is 0 Å². The Balaban J connectivity index is 1.36. The predicted molar refractivity (Wildman–Crippen MR) is 125 cm³/mol. The second kappa shape index (κ2) is 8.52. The molecule has 3 fully saturated rings. The van der Waals surface area contributed by atoms with Crippen LogP contribution in [0.25, 0.3) is 0 Å². The summed E-state index contributed by atoms with van der Waals surface area (Å²) in [5.41, 5.74) is 0.813. The van der Waals surface area contributed by atoms with Crippen molar-refractivity contribution in [2.75, 3.05) is 44.2 Å². The molecule has 1 aliphatic carbocycles. The van der Waals surface area contributed by atoms with E-state index in [0.717, 1.165) is 18.5 Å². The third-order valence-electron chi connectivity index (χ3n) is 7.86. The maximum atomic E-state index is 14.8. The van der Waals surface area contributed by atoms with Crippen molar-refractivity contribution in [1.82, 2.24) is 20.1 Å². The molecule has 0 spiro atoms. The van der Waals surface area contributed by atoms with Crippen LogP contribution in [-0.4, -0.2) is 78.0 Å². The van der Waals surface area contributed by atoms with Crippen molar-refractivity contribution in [3.8, 4) is 0 Å². The molecule has 7 nitrogen and oxygen atoms in total. The van der Waals surface area contributed by atoms with Crippen LogP contribution in [0.4, 0.5) is 14.5 Å². The van der Waals surface area contributed by atoms with Crippen LogP contribution < -0.4 is 10.2 Å². The standard InChI is InChI=1S/C25H35F2N5O2/c1-16-12-31(18(10-28-16)13-30-8-4-5-22(30)33)14-23(34)32-15-24(2,3)19-11-29-21(9-20(19)32)25(26,27)17-6-7-17/h9,11,16-18,28H,4-8,10,12-15H2,1-3H3/t16-,18-/m1/s1. The molecule has 0 radical (unpaired) electrons. The van der Waals surface area contributed by atoms with Crippen molar-refractivity contribution in [2.24, 2.45) is 5.92 Å². The second-order valence-corrected chi connectivity index (χ2v) is 11.2. The SMILES string of the molecule is C[C@@H]1CN(CC(=O)N2CC(C)(C)c3cnc(C(F)(F)C4CC4)cc32)[C@@H](CN2CCCC2=O)CN1. The summed E-state index contributed by atoms with van der Waals surface area (Å²) in [5, 5.41) is 3.47. The number of pyridine rings is 1. The summed E-state index contributed by atoms with van der Waals surface area (Å²) in [6.07, 6.45) is 4.06. The van der Waals surface area contributed by atoms with Crippen molar-refractivity contribution in [3.63, 3.8) is 0 Å². The maximum Gasteiger partial charge on any atom is 0.292 e. The number of aromatic nitrogens is 1. The van der Waals surface area contributed by atoms with Crippen molar-refractivity contribution >= 4 is 17.5 Å². The molecular weight excluding hydrogens is 440 g/mol. The van der Waals surface area contributed by atoms with Gasteiger partial charge in [-0.3, -0.25) is 19.5 Å². The van der Waals surface area contributed by atoms with E-state index in [4.69, 9.17) is 0 Å². The predicted octanol–water partition coefficient (Wildman–Crippen LogP) is 2.49. The number of hydrogen-bond donors (Lipinski definition) is 1. The summed E-state index contributed by atoms with van der Waals surface area (Å²) in [7, 11) is 0. The molecule has 1 aromatic heterocycles. The number of alkyl halides is 2. The first-order valence-electron chi connectivity index (χ1n) is 12.5. The number of rotatable bonds is 6. The van der Waals surface area contributed by atoms with Crippen LogP contribution in [0.15, 0.2) is 12.3 Å². The van der Waals surface area contributed by atoms with E-state index < -0.39 is 11.8 Å². The first-order chi connectivity index (χ1) is 16.1. The Morgan fingerprint density at radius 3 is 2.76 bits per heavy atom. The summed E-state index contributed by atoms with van der Waals surface area (Å²) in [4.78, 5) is 35.6. The van der Waals surface area contributed by atoms with Crippen LogP contribution in [-0.2, 0) is 20.9 Å². The molecule has 34 heavy (non-hydrogen) atoms. The number of anilines is 1. The van der Waals surface area contributed by atoms with Gasteiger partial charge < -0.3 is 15.1 Å². The van der Waals surface area contributed by atoms with Crippen LogP contribution in [0.5, 0.6) is 0 Å². The minimum Gasteiger partial charge on any atom is -0.341 e. The van der Waals surface area contributed by atoms with Crippen LogP contribution >= 0.6 is 0 Å². The number of halogens is 2. The van der Waals surface area contributed by atoms with Gasteiger partial charge in [-0.1, -0.05) is 13.8 Å². The Morgan fingerprint density at radius 1 is 1.32 bits per heavy atom. The molecule has 4 aliphatic rings. The lowest BCUT2D eigenvalue weighted by Gasteiger charge is -2.41. The fourth-order valence-corrected chi connectivity index (χ4v) is 5.63. The number of amides is 2. The van der Waals surface area contributed by atoms with E-state index in [9.17, 15) is 18.4 Å². The molecule has 2 saturated heterocycles. The molecule has 5 rings (SSSR count). The first-order valence-corrected chi connectivity index (χ1v) is 12.5. The Labute approximate surface area is 199 Å². The van der Waals surface area contributed by atoms with Gasteiger partial charge in [-0.2, -0.15) is 8.78 Å². The van der Waals surface area contributed by atoms with E-state index in [-0.39, 0.29) is 41.6 Å². The van der Waals surface area contributed by atoms with E-state index in [0.29, 0.717) is 51.1 Å². The number of nitrogens with one attached hydrogen (secondary N) is 1. The van der Waals surface area contributed by atoms with Crippen molar-refractivity contribution in [1.29, 1.82) is 0 Å². The fraction of sp³-hybridized carbons (Fsp3) is 0.720. The third kappa shape index (κ3) is 4.33. The molecule has 0 aromatic carbocycles. The smallest absolute Gasteiger partial charge is 0.292 e. The van der Waals surface area contributed by atoms with Crippen molar-refractivity contribution < 1.29 is 18.4 Å². The Kier molecular flexibility index (Phi) is 5.91. The average Bonchev–Trinajstić information content (AvgIpc) is 3.52. The number of likely N-dealkylation sites (tertiary alicyclic amines) is 1. The summed E-state index contributed by atoms with van der Waals surface area (Å²) in [5.74, 6) is -3.52. The minimum atomic E-state index is -2.96. The third-order valence-corrected chi connectivity index (χ3v) is 7.86. The zero-order chi connectivity index (χ0) is 24.3. The maximum absolute atomic E-state index is 14.8. The van der Waals surface area contributed by atoms with Crippen molar-refractivity contribution in [2.45, 2.75) is 69.9 Å². The molecule has 1 saturated carbocycles.